The van der Waals surface area contributed by atoms with Crippen LogP contribution in [-0.4, -0.2) is 11.5 Å². The quantitative estimate of drug-likeness (QED) is 0.288. The molecule has 0 aliphatic heterocycles. The largest absolute Gasteiger partial charge is 0.367 e. The molecule has 0 spiro atoms. The molecule has 6 heteroatoms. The Morgan fingerprint density at radius 2 is 1.77 bits per heavy atom. The van der Waals surface area contributed by atoms with E-state index in [1.54, 1.807) is 0 Å². The molecule has 4 nitrogen and oxygen atoms in total. The molecule has 0 bridgehead atoms. The van der Waals surface area contributed by atoms with Gasteiger partial charge >= 0.3 is 0 Å². The standard InChI is InChI=1S/C24H23ClN4S/c1-4-29(15-18-7-5-16(2)6-8-18)20-10-12-21(17(3)13-20)27-28-24-26-22-11-9-19(25)14-23(22)30-24/h5-14H,4,15H2,1-3H3. The average molecular weight is 435 g/mol. The molecule has 152 valence electrons. The Labute approximate surface area is 185 Å². The van der Waals surface area contributed by atoms with Crippen LogP contribution in [0.25, 0.3) is 10.2 Å². The van der Waals surface area contributed by atoms with Gasteiger partial charge in [0, 0.05) is 23.8 Å². The maximum absolute atomic E-state index is 6.05. The van der Waals surface area contributed by atoms with E-state index in [-0.39, 0.29) is 0 Å². The third kappa shape index (κ3) is 4.69. The first-order valence-electron chi connectivity index (χ1n) is 9.91. The summed E-state index contributed by atoms with van der Waals surface area (Å²) in [6, 6.07) is 20.7. The van der Waals surface area contributed by atoms with Crippen LogP contribution in [0, 0.1) is 13.8 Å². The molecule has 1 heterocycles. The number of benzene rings is 3. The molecule has 0 aliphatic carbocycles. The van der Waals surface area contributed by atoms with Crippen LogP contribution in [0.4, 0.5) is 16.5 Å². The predicted octanol–water partition coefficient (Wildman–Crippen LogP) is 8.01. The van der Waals surface area contributed by atoms with Gasteiger partial charge in [0.25, 0.3) is 0 Å². The van der Waals surface area contributed by atoms with Crippen molar-refractivity contribution in [1.29, 1.82) is 0 Å². The minimum absolute atomic E-state index is 0.630. The van der Waals surface area contributed by atoms with Crippen molar-refractivity contribution in [2.75, 3.05) is 11.4 Å². The Balaban J connectivity index is 1.52. The highest BCUT2D eigenvalue weighted by atomic mass is 35.5. The smallest absolute Gasteiger partial charge is 0.231 e. The number of hydrogen-bond donors (Lipinski definition) is 0. The van der Waals surface area contributed by atoms with Crippen molar-refractivity contribution in [2.45, 2.75) is 27.3 Å². The van der Waals surface area contributed by atoms with Crippen LogP contribution < -0.4 is 4.90 Å². The number of halogens is 1. The number of aromatic nitrogens is 1. The van der Waals surface area contributed by atoms with Crippen molar-refractivity contribution in [3.8, 4) is 0 Å². The van der Waals surface area contributed by atoms with E-state index in [4.69, 9.17) is 11.6 Å². The zero-order chi connectivity index (χ0) is 21.1. The summed E-state index contributed by atoms with van der Waals surface area (Å²) in [6.45, 7) is 8.17. The Bertz CT molecular complexity index is 1200. The van der Waals surface area contributed by atoms with E-state index in [9.17, 15) is 0 Å². The second kappa shape index (κ2) is 8.94. The lowest BCUT2D eigenvalue weighted by Gasteiger charge is -2.24. The van der Waals surface area contributed by atoms with E-state index >= 15 is 0 Å². The summed E-state index contributed by atoms with van der Waals surface area (Å²) in [6.07, 6.45) is 0. The number of thiazole rings is 1. The summed E-state index contributed by atoms with van der Waals surface area (Å²) >= 11 is 7.54. The van der Waals surface area contributed by atoms with E-state index in [2.05, 4.69) is 77.3 Å². The highest BCUT2D eigenvalue weighted by Crippen LogP contribution is 2.32. The maximum atomic E-state index is 6.05. The van der Waals surface area contributed by atoms with Gasteiger partial charge in [0.2, 0.25) is 5.13 Å². The average Bonchev–Trinajstić information content (AvgIpc) is 3.14. The maximum Gasteiger partial charge on any atom is 0.231 e. The summed E-state index contributed by atoms with van der Waals surface area (Å²) in [5.74, 6) is 0. The van der Waals surface area contributed by atoms with Gasteiger partial charge in [0.1, 0.15) is 0 Å². The first kappa shape index (κ1) is 20.5. The number of rotatable bonds is 6. The summed E-state index contributed by atoms with van der Waals surface area (Å²) in [7, 11) is 0. The molecular weight excluding hydrogens is 412 g/mol. The molecule has 0 aliphatic rings. The van der Waals surface area contributed by atoms with E-state index < -0.39 is 0 Å². The molecule has 30 heavy (non-hydrogen) atoms. The predicted molar refractivity (Wildman–Crippen MR) is 128 cm³/mol. The minimum Gasteiger partial charge on any atom is -0.367 e. The van der Waals surface area contributed by atoms with Crippen molar-refractivity contribution in [3.05, 3.63) is 82.4 Å². The van der Waals surface area contributed by atoms with Gasteiger partial charge in [-0.1, -0.05) is 52.8 Å². The summed E-state index contributed by atoms with van der Waals surface area (Å²) in [4.78, 5) is 6.86. The van der Waals surface area contributed by atoms with Gasteiger partial charge in [-0.15, -0.1) is 10.2 Å². The van der Waals surface area contributed by atoms with Crippen molar-refractivity contribution in [3.63, 3.8) is 0 Å². The fraction of sp³-hybridized carbons (Fsp3) is 0.208. The molecule has 0 atom stereocenters. The monoisotopic (exact) mass is 434 g/mol. The van der Waals surface area contributed by atoms with Crippen molar-refractivity contribution in [1.82, 2.24) is 4.98 Å². The van der Waals surface area contributed by atoms with Crippen LogP contribution in [0.3, 0.4) is 0 Å². The zero-order valence-corrected chi connectivity index (χ0v) is 18.8. The second-order valence-corrected chi connectivity index (χ2v) is 8.72. The minimum atomic E-state index is 0.630. The number of anilines is 1. The lowest BCUT2D eigenvalue weighted by atomic mass is 10.1. The molecule has 3 aromatic carbocycles. The van der Waals surface area contributed by atoms with Gasteiger partial charge < -0.3 is 4.90 Å². The Morgan fingerprint density at radius 1 is 0.967 bits per heavy atom. The molecule has 4 rings (SSSR count). The van der Waals surface area contributed by atoms with Crippen LogP contribution in [0.1, 0.15) is 23.6 Å². The first-order chi connectivity index (χ1) is 14.5. The lowest BCUT2D eigenvalue weighted by molar-refractivity contribution is 0.831. The number of azo groups is 1. The van der Waals surface area contributed by atoms with Crippen LogP contribution >= 0.6 is 22.9 Å². The summed E-state index contributed by atoms with van der Waals surface area (Å²) < 4.78 is 1.01. The fourth-order valence-electron chi connectivity index (χ4n) is 3.27. The molecule has 0 amide bonds. The highest BCUT2D eigenvalue weighted by Gasteiger charge is 2.08. The van der Waals surface area contributed by atoms with E-state index in [0.29, 0.717) is 10.2 Å². The fourth-order valence-corrected chi connectivity index (χ4v) is 4.34. The van der Waals surface area contributed by atoms with Gasteiger partial charge in [-0.2, -0.15) is 0 Å². The molecule has 4 aromatic rings. The lowest BCUT2D eigenvalue weighted by Crippen LogP contribution is -2.21. The molecular formula is C24H23ClN4S. The third-order valence-corrected chi connectivity index (χ3v) is 6.14. The van der Waals surface area contributed by atoms with Gasteiger partial charge in [-0.25, -0.2) is 4.98 Å². The Hall–Kier alpha value is -2.76. The summed E-state index contributed by atoms with van der Waals surface area (Å²) in [5, 5.41) is 10.1. The summed E-state index contributed by atoms with van der Waals surface area (Å²) in [5.41, 5.74) is 6.60. The van der Waals surface area contributed by atoms with E-state index in [1.165, 1.54) is 28.2 Å². The van der Waals surface area contributed by atoms with Gasteiger partial charge in [0.05, 0.1) is 15.9 Å². The SMILES string of the molecule is CCN(Cc1ccc(C)cc1)c1ccc(N=Nc2nc3ccc(Cl)cc3s2)c(C)c1. The van der Waals surface area contributed by atoms with Gasteiger partial charge in [-0.05, 0) is 68.3 Å². The molecule has 0 N–H and O–H groups in total. The number of aryl methyl sites for hydroxylation is 2. The van der Waals surface area contributed by atoms with E-state index in [0.717, 1.165) is 34.6 Å². The van der Waals surface area contributed by atoms with E-state index in [1.807, 2.05) is 24.3 Å². The van der Waals surface area contributed by atoms with Gasteiger partial charge in [-0.3, -0.25) is 0 Å². The highest BCUT2D eigenvalue weighted by molar-refractivity contribution is 7.21. The molecule has 0 fully saturated rings. The second-order valence-electron chi connectivity index (χ2n) is 7.28. The third-order valence-electron chi connectivity index (χ3n) is 5.00. The molecule has 0 saturated heterocycles. The Kier molecular flexibility index (Phi) is 6.11. The van der Waals surface area contributed by atoms with Crippen molar-refractivity contribution in [2.24, 2.45) is 10.2 Å². The van der Waals surface area contributed by atoms with Gasteiger partial charge in [0.15, 0.2) is 0 Å². The van der Waals surface area contributed by atoms with Crippen molar-refractivity contribution < 1.29 is 0 Å². The Morgan fingerprint density at radius 3 is 2.50 bits per heavy atom. The molecule has 0 unspecified atom stereocenters. The molecule has 0 radical (unpaired) electrons. The number of fused-ring (bicyclic) bond motifs is 1. The zero-order valence-electron chi connectivity index (χ0n) is 17.3. The molecule has 1 aromatic heterocycles. The van der Waals surface area contributed by atoms with Crippen LogP contribution in [0.5, 0.6) is 0 Å². The molecule has 0 saturated carbocycles. The topological polar surface area (TPSA) is 40.9 Å². The normalized spacial score (nSPS) is 11.5. The number of hydrogen-bond acceptors (Lipinski definition) is 5. The van der Waals surface area contributed by atoms with Crippen LogP contribution in [-0.2, 0) is 6.54 Å². The number of nitrogens with zero attached hydrogens (tertiary/aromatic N) is 4. The van der Waals surface area contributed by atoms with Crippen LogP contribution in [0.2, 0.25) is 5.02 Å². The van der Waals surface area contributed by atoms with Crippen molar-refractivity contribution >= 4 is 49.7 Å². The van der Waals surface area contributed by atoms with Crippen LogP contribution in [0.15, 0.2) is 70.9 Å². The first-order valence-corrected chi connectivity index (χ1v) is 11.1.